The Morgan fingerprint density at radius 2 is 1.77 bits per heavy atom. The molecule has 0 spiro atoms. The van der Waals surface area contributed by atoms with E-state index >= 15 is 0 Å². The van der Waals surface area contributed by atoms with E-state index in [9.17, 15) is 32.6 Å². The van der Waals surface area contributed by atoms with Crippen molar-refractivity contribution in [3.63, 3.8) is 0 Å². The summed E-state index contributed by atoms with van der Waals surface area (Å²) in [5.41, 5.74) is 0.230. The summed E-state index contributed by atoms with van der Waals surface area (Å²) in [6, 6.07) is 16.8. The summed E-state index contributed by atoms with van der Waals surface area (Å²) < 4.78 is 57.5. The second-order valence-corrected chi connectivity index (χ2v) is 10.8. The van der Waals surface area contributed by atoms with Crippen LogP contribution in [0.15, 0.2) is 89.0 Å². The van der Waals surface area contributed by atoms with E-state index in [0.29, 0.717) is 21.6 Å². The molecule has 0 saturated carbocycles. The van der Waals surface area contributed by atoms with Crippen molar-refractivity contribution >= 4 is 34.8 Å². The molecular formula is C30H26F3N5O4S. The molecule has 0 saturated heterocycles. The van der Waals surface area contributed by atoms with E-state index in [1.54, 1.807) is 24.3 Å². The third-order valence-electron chi connectivity index (χ3n) is 6.81. The Bertz CT molecular complexity index is 1620. The number of carbonyl (C=O) groups excluding carboxylic acids is 2. The summed E-state index contributed by atoms with van der Waals surface area (Å²) in [4.78, 5) is 29.7. The molecule has 3 aromatic carbocycles. The van der Waals surface area contributed by atoms with Crippen LogP contribution in [-0.4, -0.2) is 40.8 Å². The van der Waals surface area contributed by atoms with Crippen LogP contribution >= 0.6 is 0 Å². The lowest BCUT2D eigenvalue weighted by Gasteiger charge is -2.43. The van der Waals surface area contributed by atoms with Crippen LogP contribution in [0.5, 0.6) is 0 Å². The lowest BCUT2D eigenvalue weighted by atomic mass is 9.92. The smallest absolute Gasteiger partial charge is 0.416 e. The highest BCUT2D eigenvalue weighted by Crippen LogP contribution is 2.41. The Morgan fingerprint density at radius 1 is 1.12 bits per heavy atom. The minimum atomic E-state index is -4.68. The molecule has 3 aromatic rings. The zero-order chi connectivity index (χ0) is 31.5. The van der Waals surface area contributed by atoms with Gasteiger partial charge >= 0.3 is 18.2 Å². The zero-order valence-corrected chi connectivity index (χ0v) is 24.0. The first-order valence-electron chi connectivity index (χ1n) is 12.7. The van der Waals surface area contributed by atoms with E-state index in [-0.39, 0.29) is 23.5 Å². The lowest BCUT2D eigenvalue weighted by molar-refractivity contribution is -0.138. The number of guanidine groups is 1. The minimum absolute atomic E-state index is 0.0147. The molecule has 9 nitrogen and oxygen atoms in total. The summed E-state index contributed by atoms with van der Waals surface area (Å²) in [6.07, 6.45) is -3.15. The maximum atomic E-state index is 13.8. The minimum Gasteiger partial charge on any atom is -0.612 e. The normalized spacial score (nSPS) is 16.0. The predicted octanol–water partition coefficient (Wildman–Crippen LogP) is 5.47. The Balaban J connectivity index is 1.84. The largest absolute Gasteiger partial charge is 0.612 e. The van der Waals surface area contributed by atoms with Gasteiger partial charge < -0.3 is 14.6 Å². The van der Waals surface area contributed by atoms with E-state index in [1.807, 2.05) is 6.07 Å². The van der Waals surface area contributed by atoms with Crippen molar-refractivity contribution in [3.8, 4) is 6.07 Å². The number of carbonyl (C=O) groups is 2. The van der Waals surface area contributed by atoms with Gasteiger partial charge in [0.25, 0.3) is 0 Å². The first-order chi connectivity index (χ1) is 20.4. The number of nitriles is 1. The molecule has 0 fully saturated rings. The van der Waals surface area contributed by atoms with Crippen molar-refractivity contribution in [2.75, 3.05) is 18.3 Å². The number of hydrogen-bond acceptors (Lipinski definition) is 6. The Hall–Kier alpha value is -4.80. The van der Waals surface area contributed by atoms with Gasteiger partial charge in [0.15, 0.2) is 4.90 Å². The molecule has 43 heavy (non-hydrogen) atoms. The molecule has 1 aliphatic rings. The van der Waals surface area contributed by atoms with E-state index in [1.165, 1.54) is 49.6 Å². The van der Waals surface area contributed by atoms with E-state index in [4.69, 9.17) is 10.1 Å². The van der Waals surface area contributed by atoms with E-state index in [0.717, 1.165) is 29.0 Å². The Kier molecular flexibility index (Phi) is 9.13. The summed E-state index contributed by atoms with van der Waals surface area (Å²) in [7, 11) is 1.13. The molecule has 1 unspecified atom stereocenters. The van der Waals surface area contributed by atoms with Crippen LogP contribution in [-0.2, 0) is 33.4 Å². The standard InChI is InChI=1S/C30H26F3N5O4S/c1-18-25(27(39)42-2)26(21-11-7-19(16-34)8-12-21)38(29(40)36-17-20-9-13-24(14-10-20)43(3)41)28(35)37(18)23-6-4-5-22(15-23)30(31,32)33/h4-15,26,35H,17H2,1-3H3,(H,36,40)/t26-,43?/m1/s1. The highest BCUT2D eigenvalue weighted by molar-refractivity contribution is 7.90. The van der Waals surface area contributed by atoms with Crippen LogP contribution in [0.4, 0.5) is 23.7 Å². The van der Waals surface area contributed by atoms with Gasteiger partial charge in [-0.15, -0.1) is 0 Å². The average molecular weight is 610 g/mol. The van der Waals surface area contributed by atoms with Crippen molar-refractivity contribution in [1.82, 2.24) is 10.2 Å². The summed E-state index contributed by atoms with van der Waals surface area (Å²) in [6.45, 7) is 1.44. The number of amides is 2. The number of alkyl halides is 3. The van der Waals surface area contributed by atoms with E-state index in [2.05, 4.69) is 5.32 Å². The predicted molar refractivity (Wildman–Crippen MR) is 153 cm³/mol. The fraction of sp³-hybridized carbons (Fsp3) is 0.200. The number of rotatable bonds is 6. The molecule has 0 bridgehead atoms. The van der Waals surface area contributed by atoms with Gasteiger partial charge in [0.2, 0.25) is 5.96 Å². The Morgan fingerprint density at radius 3 is 2.33 bits per heavy atom. The number of ether oxygens (including phenoxy) is 1. The second kappa shape index (κ2) is 12.6. The lowest BCUT2D eigenvalue weighted by Crippen LogP contribution is -2.56. The van der Waals surface area contributed by atoms with Crippen molar-refractivity contribution in [2.45, 2.75) is 30.6 Å². The SMILES string of the molecule is COC(=O)C1=C(C)N(c2cccc(C(F)(F)F)c2)C(=N)N(C(=O)NCc2ccc([S+](C)[O-])cc2)[C@@H]1c1ccc(C#N)cc1. The number of allylic oxidation sites excluding steroid dienone is 1. The van der Waals surface area contributed by atoms with Gasteiger partial charge in [0.1, 0.15) is 12.3 Å². The van der Waals surface area contributed by atoms with Crippen LogP contribution in [0.1, 0.15) is 35.2 Å². The second-order valence-electron chi connectivity index (χ2n) is 9.46. The highest BCUT2D eigenvalue weighted by atomic mass is 32.2. The van der Waals surface area contributed by atoms with Crippen molar-refractivity contribution < 1.29 is 32.0 Å². The first-order valence-corrected chi connectivity index (χ1v) is 14.3. The number of benzene rings is 3. The van der Waals surface area contributed by atoms with Crippen LogP contribution in [0.3, 0.4) is 0 Å². The molecule has 1 aliphatic heterocycles. The number of nitrogens with one attached hydrogen (secondary N) is 2. The maximum Gasteiger partial charge on any atom is 0.416 e. The molecule has 0 radical (unpaired) electrons. The monoisotopic (exact) mass is 609 g/mol. The van der Waals surface area contributed by atoms with Crippen molar-refractivity contribution in [3.05, 3.63) is 106 Å². The van der Waals surface area contributed by atoms with Gasteiger partial charge in [-0.2, -0.15) is 18.4 Å². The highest BCUT2D eigenvalue weighted by Gasteiger charge is 2.44. The van der Waals surface area contributed by atoms with Crippen molar-refractivity contribution in [1.29, 1.82) is 10.7 Å². The van der Waals surface area contributed by atoms with Crippen molar-refractivity contribution in [2.24, 2.45) is 0 Å². The number of urea groups is 1. The third kappa shape index (κ3) is 6.50. The van der Waals surface area contributed by atoms with Gasteiger partial charge in [0, 0.05) is 17.9 Å². The van der Waals surface area contributed by atoms with Gasteiger partial charge in [-0.3, -0.25) is 15.2 Å². The average Bonchev–Trinajstić information content (AvgIpc) is 2.99. The van der Waals surface area contributed by atoms with Crippen LogP contribution in [0, 0.1) is 16.7 Å². The summed E-state index contributed by atoms with van der Waals surface area (Å²) in [5, 5.41) is 21.0. The van der Waals surface area contributed by atoms with Crippen LogP contribution in [0.2, 0.25) is 0 Å². The van der Waals surface area contributed by atoms with Crippen LogP contribution < -0.4 is 10.2 Å². The zero-order valence-electron chi connectivity index (χ0n) is 23.2. The molecule has 2 N–H and O–H groups in total. The molecule has 0 aromatic heterocycles. The van der Waals surface area contributed by atoms with E-state index < -0.39 is 46.9 Å². The fourth-order valence-corrected chi connectivity index (χ4v) is 5.19. The maximum absolute atomic E-state index is 13.8. The molecule has 222 valence electrons. The number of anilines is 1. The van der Waals surface area contributed by atoms with Crippen LogP contribution in [0.25, 0.3) is 0 Å². The fourth-order valence-electron chi connectivity index (χ4n) is 4.67. The molecule has 4 rings (SSSR count). The first kappa shape index (κ1) is 31.1. The third-order valence-corrected chi connectivity index (χ3v) is 7.74. The number of hydrogen-bond donors (Lipinski definition) is 2. The number of esters is 1. The molecule has 13 heteroatoms. The van der Waals surface area contributed by atoms with Gasteiger partial charge in [-0.1, -0.05) is 30.3 Å². The number of halogens is 3. The molecule has 1 heterocycles. The molecule has 2 amide bonds. The molecular weight excluding hydrogens is 583 g/mol. The summed E-state index contributed by atoms with van der Waals surface area (Å²) >= 11 is -1.20. The molecule has 2 atom stereocenters. The molecule has 0 aliphatic carbocycles. The van der Waals surface area contributed by atoms with Gasteiger partial charge in [-0.05, 0) is 71.7 Å². The van der Waals surface area contributed by atoms with Gasteiger partial charge in [-0.25, -0.2) is 9.59 Å². The topological polar surface area (TPSA) is 133 Å². The quantitative estimate of drug-likeness (QED) is 0.281. The van der Waals surface area contributed by atoms with Gasteiger partial charge in [0.05, 0.1) is 29.9 Å². The Labute approximate surface area is 248 Å². The number of methoxy groups -OCH3 is 1. The number of nitrogens with zero attached hydrogens (tertiary/aromatic N) is 3. The summed E-state index contributed by atoms with van der Waals surface area (Å²) in [5.74, 6) is -1.38.